The molecule has 0 aromatic heterocycles. The summed E-state index contributed by atoms with van der Waals surface area (Å²) < 4.78 is 52.5. The summed E-state index contributed by atoms with van der Waals surface area (Å²) in [5.74, 6) is -3.93. The van der Waals surface area contributed by atoms with Gasteiger partial charge in [0.05, 0.1) is 11.0 Å². The van der Waals surface area contributed by atoms with Crippen LogP contribution >= 0.6 is 0 Å². The summed E-state index contributed by atoms with van der Waals surface area (Å²) in [7, 11) is 0. The lowest BCUT2D eigenvalue weighted by Crippen LogP contribution is -2.59. The highest BCUT2D eigenvalue weighted by Gasteiger charge is 2.52. The van der Waals surface area contributed by atoms with Crippen LogP contribution in [0.3, 0.4) is 0 Å². The highest BCUT2D eigenvalue weighted by atomic mass is 19.4. The van der Waals surface area contributed by atoms with E-state index in [1.807, 2.05) is 20.8 Å². The molecule has 35 heavy (non-hydrogen) atoms. The average molecular weight is 502 g/mol. The van der Waals surface area contributed by atoms with Crippen LogP contribution in [0.25, 0.3) is 0 Å². The van der Waals surface area contributed by atoms with Gasteiger partial charge in [-0.05, 0) is 71.6 Å². The molecule has 3 unspecified atom stereocenters. The maximum Gasteiger partial charge on any atom is 0.419 e. The quantitative estimate of drug-likeness (QED) is 0.536. The lowest BCUT2D eigenvalue weighted by molar-refractivity contribution is -0.158. The summed E-state index contributed by atoms with van der Waals surface area (Å²) in [6.07, 6.45) is -3.34. The van der Waals surface area contributed by atoms with Crippen molar-refractivity contribution in [1.82, 2.24) is 15.5 Å². The minimum Gasteiger partial charge on any atom is -0.481 e. The molecule has 1 saturated heterocycles. The van der Waals surface area contributed by atoms with Gasteiger partial charge in [-0.3, -0.25) is 14.4 Å². The Kier molecular flexibility index (Phi) is 7.23. The molecule has 1 aliphatic carbocycles. The first-order chi connectivity index (χ1) is 16.0. The maximum absolute atomic E-state index is 13.5. The van der Waals surface area contributed by atoms with Gasteiger partial charge in [0.15, 0.2) is 0 Å². The Bertz CT molecular complexity index is 1010. The van der Waals surface area contributed by atoms with Crippen molar-refractivity contribution >= 4 is 17.8 Å². The number of likely N-dealkylation sites (tertiary alicyclic amines) is 1. The van der Waals surface area contributed by atoms with Gasteiger partial charge in [-0.15, -0.1) is 0 Å². The van der Waals surface area contributed by atoms with Gasteiger partial charge in [0.1, 0.15) is 11.9 Å². The Balaban J connectivity index is 1.73. The van der Waals surface area contributed by atoms with Crippen LogP contribution in [0.5, 0.6) is 0 Å². The first kappa shape index (κ1) is 26.9. The number of nitrogens with one attached hydrogen (secondary N) is 2. The Morgan fingerprint density at radius 2 is 1.80 bits per heavy atom. The summed E-state index contributed by atoms with van der Waals surface area (Å²) >= 11 is 0. The SMILES string of the molecule is CC(C)(C)NC1CCC(N2CC[C@H](NC(=O)c3ccc(F)c(C(F)(F)F)c3)C2=O)C(C)(C(=O)O)C1. The van der Waals surface area contributed by atoms with Gasteiger partial charge < -0.3 is 20.6 Å². The predicted octanol–water partition coefficient (Wildman–Crippen LogP) is 3.58. The van der Waals surface area contributed by atoms with Crippen molar-refractivity contribution in [2.24, 2.45) is 5.41 Å². The second-order valence-electron chi connectivity index (χ2n) is 10.6. The zero-order valence-corrected chi connectivity index (χ0v) is 20.1. The second kappa shape index (κ2) is 9.40. The molecule has 3 rings (SSSR count). The Labute approximate surface area is 201 Å². The number of nitrogens with zero attached hydrogens (tertiary/aromatic N) is 1. The van der Waals surface area contributed by atoms with Crippen LogP contribution in [0.1, 0.15) is 69.3 Å². The first-order valence-electron chi connectivity index (χ1n) is 11.5. The number of hydrogen-bond acceptors (Lipinski definition) is 4. The molecule has 3 N–H and O–H groups in total. The molecule has 7 nitrogen and oxygen atoms in total. The van der Waals surface area contributed by atoms with Gasteiger partial charge in [-0.25, -0.2) is 4.39 Å². The van der Waals surface area contributed by atoms with Crippen LogP contribution in [0.15, 0.2) is 18.2 Å². The van der Waals surface area contributed by atoms with Gasteiger partial charge in [0, 0.05) is 29.7 Å². The molecular formula is C24H31F4N3O4. The molecule has 0 bridgehead atoms. The van der Waals surface area contributed by atoms with Crippen molar-refractivity contribution in [3.63, 3.8) is 0 Å². The van der Waals surface area contributed by atoms with E-state index in [1.54, 1.807) is 6.92 Å². The maximum atomic E-state index is 13.5. The Morgan fingerprint density at radius 1 is 1.14 bits per heavy atom. The second-order valence-corrected chi connectivity index (χ2v) is 10.6. The molecule has 194 valence electrons. The molecule has 1 saturated carbocycles. The summed E-state index contributed by atoms with van der Waals surface area (Å²) in [6, 6.07) is 0.250. The summed E-state index contributed by atoms with van der Waals surface area (Å²) in [5, 5.41) is 15.9. The number of aliphatic carboxylic acids is 1. The molecule has 1 heterocycles. The third-order valence-corrected chi connectivity index (χ3v) is 6.78. The number of carbonyl (C=O) groups excluding carboxylic acids is 2. The van der Waals surface area contributed by atoms with Crippen LogP contribution in [0.4, 0.5) is 17.6 Å². The molecule has 2 aliphatic rings. The standard InChI is InChI=1S/C24H31F4N3O4/c1-22(2,3)30-14-6-8-18(23(4,12-14)21(34)35)31-10-9-17(20(31)33)29-19(32)13-5-7-16(25)15(11-13)24(26,27)28/h5,7,11,14,17-18,30H,6,8-10,12H2,1-4H3,(H,29,32)(H,34,35)/t14?,17-,18?,23?/m0/s1. The topological polar surface area (TPSA) is 98.7 Å². The summed E-state index contributed by atoms with van der Waals surface area (Å²) in [6.45, 7) is 7.81. The molecule has 1 aromatic carbocycles. The van der Waals surface area contributed by atoms with Gasteiger partial charge in [-0.1, -0.05) is 0 Å². The van der Waals surface area contributed by atoms with E-state index in [4.69, 9.17) is 0 Å². The number of carbonyl (C=O) groups is 3. The summed E-state index contributed by atoms with van der Waals surface area (Å²) in [4.78, 5) is 39.5. The van der Waals surface area contributed by atoms with Crippen LogP contribution in [0.2, 0.25) is 0 Å². The average Bonchev–Trinajstić information content (AvgIpc) is 3.06. The molecule has 11 heteroatoms. The zero-order chi connectivity index (χ0) is 26.3. The molecule has 0 spiro atoms. The first-order valence-corrected chi connectivity index (χ1v) is 11.5. The molecule has 1 aromatic rings. The van der Waals surface area contributed by atoms with Crippen LogP contribution in [-0.4, -0.2) is 58.0 Å². The predicted molar refractivity (Wildman–Crippen MR) is 119 cm³/mol. The smallest absolute Gasteiger partial charge is 0.419 e. The number of carboxylic acid groups (broad SMARTS) is 1. The van der Waals surface area contributed by atoms with Crippen molar-refractivity contribution in [3.8, 4) is 0 Å². The third-order valence-electron chi connectivity index (χ3n) is 6.78. The third kappa shape index (κ3) is 5.76. The molecular weight excluding hydrogens is 470 g/mol. The number of benzene rings is 1. The number of carboxylic acids is 1. The number of alkyl halides is 3. The monoisotopic (exact) mass is 501 g/mol. The van der Waals surface area contributed by atoms with Gasteiger partial charge >= 0.3 is 12.1 Å². The molecule has 4 atom stereocenters. The van der Waals surface area contributed by atoms with Crippen molar-refractivity contribution in [2.75, 3.05) is 6.54 Å². The minimum atomic E-state index is -4.97. The lowest BCUT2D eigenvalue weighted by Gasteiger charge is -2.47. The van der Waals surface area contributed by atoms with Gasteiger partial charge in [0.25, 0.3) is 5.91 Å². The van der Waals surface area contributed by atoms with Crippen molar-refractivity contribution in [3.05, 3.63) is 35.1 Å². The number of hydrogen-bond donors (Lipinski definition) is 3. The Hall–Kier alpha value is -2.69. The highest BCUT2D eigenvalue weighted by Crippen LogP contribution is 2.41. The normalized spacial score (nSPS) is 27.7. The van der Waals surface area contributed by atoms with Crippen molar-refractivity contribution in [1.29, 1.82) is 0 Å². The zero-order valence-electron chi connectivity index (χ0n) is 20.1. The number of rotatable bonds is 5. The molecule has 2 amide bonds. The fourth-order valence-corrected chi connectivity index (χ4v) is 5.16. The Morgan fingerprint density at radius 3 is 2.37 bits per heavy atom. The van der Waals surface area contributed by atoms with E-state index in [-0.39, 0.29) is 24.5 Å². The van der Waals surface area contributed by atoms with E-state index in [0.717, 1.165) is 6.07 Å². The molecule has 1 aliphatic heterocycles. The summed E-state index contributed by atoms with van der Waals surface area (Å²) in [5.41, 5.74) is -3.41. The highest BCUT2D eigenvalue weighted by molar-refractivity contribution is 5.98. The number of amides is 2. The molecule has 0 radical (unpaired) electrons. The molecule has 2 fully saturated rings. The van der Waals surface area contributed by atoms with E-state index in [0.29, 0.717) is 31.4 Å². The van der Waals surface area contributed by atoms with Crippen LogP contribution in [-0.2, 0) is 15.8 Å². The minimum absolute atomic E-state index is 0.0399. The van der Waals surface area contributed by atoms with E-state index in [2.05, 4.69) is 10.6 Å². The van der Waals surface area contributed by atoms with E-state index in [9.17, 15) is 37.1 Å². The van der Waals surface area contributed by atoms with Crippen LogP contribution < -0.4 is 10.6 Å². The van der Waals surface area contributed by atoms with Crippen LogP contribution in [0, 0.1) is 11.2 Å². The van der Waals surface area contributed by atoms with Gasteiger partial charge in [0.2, 0.25) is 5.91 Å². The van der Waals surface area contributed by atoms with E-state index < -0.39 is 58.4 Å². The van der Waals surface area contributed by atoms with Crippen molar-refractivity contribution in [2.45, 2.75) is 83.2 Å². The fraction of sp³-hybridized carbons (Fsp3) is 0.625. The largest absolute Gasteiger partial charge is 0.481 e. The van der Waals surface area contributed by atoms with E-state index >= 15 is 0 Å². The lowest BCUT2D eigenvalue weighted by atomic mass is 9.68. The fourth-order valence-electron chi connectivity index (χ4n) is 5.16. The van der Waals surface area contributed by atoms with E-state index in [1.165, 1.54) is 4.90 Å². The van der Waals surface area contributed by atoms with Gasteiger partial charge in [-0.2, -0.15) is 13.2 Å². The van der Waals surface area contributed by atoms with Crippen molar-refractivity contribution < 1.29 is 37.1 Å². The number of halogens is 4.